The molecule has 2 atom stereocenters. The van der Waals surface area contributed by atoms with E-state index in [2.05, 4.69) is 11.8 Å². The summed E-state index contributed by atoms with van der Waals surface area (Å²) in [5.41, 5.74) is -0.355. The molecular formula is C12H9ClO3. The highest BCUT2D eigenvalue weighted by Gasteiger charge is 2.58. The van der Waals surface area contributed by atoms with Crippen LogP contribution in [-0.4, -0.2) is 22.8 Å². The number of carbonyl (C=O) groups is 1. The van der Waals surface area contributed by atoms with Crippen molar-refractivity contribution >= 4 is 17.6 Å². The molecule has 1 aliphatic rings. The zero-order valence-corrected chi connectivity index (χ0v) is 9.28. The minimum atomic E-state index is -1.14. The third-order valence-electron chi connectivity index (χ3n) is 2.42. The van der Waals surface area contributed by atoms with Gasteiger partial charge in [-0.3, -0.25) is 0 Å². The fraction of sp³-hybridized carbons (Fsp3) is 0.250. The van der Waals surface area contributed by atoms with Crippen LogP contribution in [0.1, 0.15) is 12.5 Å². The quantitative estimate of drug-likeness (QED) is 0.599. The highest BCUT2D eigenvalue weighted by molar-refractivity contribution is 6.30. The van der Waals surface area contributed by atoms with E-state index in [9.17, 15) is 4.79 Å². The van der Waals surface area contributed by atoms with Gasteiger partial charge in [0.1, 0.15) is 0 Å². The number of aliphatic carboxylic acids is 1. The van der Waals surface area contributed by atoms with Gasteiger partial charge in [0.15, 0.2) is 6.10 Å². The molecule has 1 aromatic carbocycles. The zero-order chi connectivity index (χ0) is 11.8. The first kappa shape index (κ1) is 11.0. The third kappa shape index (κ3) is 2.04. The van der Waals surface area contributed by atoms with E-state index < -0.39 is 17.7 Å². The molecule has 0 aromatic heterocycles. The fourth-order valence-corrected chi connectivity index (χ4v) is 1.35. The van der Waals surface area contributed by atoms with Gasteiger partial charge in [-0.1, -0.05) is 23.4 Å². The van der Waals surface area contributed by atoms with Crippen LogP contribution in [0.15, 0.2) is 24.3 Å². The maximum Gasteiger partial charge on any atom is 0.339 e. The number of hydrogen-bond donors (Lipinski definition) is 1. The highest BCUT2D eigenvalue weighted by atomic mass is 35.5. The third-order valence-corrected chi connectivity index (χ3v) is 2.67. The summed E-state index contributed by atoms with van der Waals surface area (Å²) in [7, 11) is 0. The predicted molar refractivity (Wildman–Crippen MR) is 59.2 cm³/mol. The summed E-state index contributed by atoms with van der Waals surface area (Å²) in [6.45, 7) is 1.51. The Labute approximate surface area is 98.0 Å². The molecule has 0 spiro atoms. The lowest BCUT2D eigenvalue weighted by Gasteiger charge is -1.93. The van der Waals surface area contributed by atoms with Crippen LogP contribution in [0.25, 0.3) is 0 Å². The molecule has 0 saturated carbocycles. The number of benzene rings is 1. The minimum Gasteiger partial charge on any atom is -0.479 e. The average molecular weight is 237 g/mol. The lowest BCUT2D eigenvalue weighted by Crippen LogP contribution is -2.22. The molecule has 1 N–H and O–H groups in total. The van der Waals surface area contributed by atoms with Crippen molar-refractivity contribution in [1.82, 2.24) is 0 Å². The number of ether oxygens (including phenoxy) is 1. The van der Waals surface area contributed by atoms with E-state index in [1.165, 1.54) is 6.92 Å². The summed E-state index contributed by atoms with van der Waals surface area (Å²) in [6.07, 6.45) is -0.527. The van der Waals surface area contributed by atoms with Crippen LogP contribution in [-0.2, 0) is 9.53 Å². The zero-order valence-electron chi connectivity index (χ0n) is 8.53. The van der Waals surface area contributed by atoms with Crippen LogP contribution >= 0.6 is 11.6 Å². The second-order valence-electron chi connectivity index (χ2n) is 3.69. The standard InChI is InChI=1S/C12H9ClO3/c1-12(11(14)15)10(16-12)7-4-8-2-5-9(13)6-3-8/h2-3,5-6,10H,1H3,(H,14,15). The van der Waals surface area contributed by atoms with Crippen molar-refractivity contribution in [1.29, 1.82) is 0 Å². The van der Waals surface area contributed by atoms with Gasteiger partial charge in [-0.15, -0.1) is 0 Å². The van der Waals surface area contributed by atoms with Gasteiger partial charge in [-0.2, -0.15) is 0 Å². The Bertz CT molecular complexity index is 483. The van der Waals surface area contributed by atoms with Crippen LogP contribution < -0.4 is 0 Å². The summed E-state index contributed by atoms with van der Waals surface area (Å²) in [6, 6.07) is 7.01. The molecule has 16 heavy (non-hydrogen) atoms. The number of hydrogen-bond acceptors (Lipinski definition) is 2. The molecular weight excluding hydrogens is 228 g/mol. The highest BCUT2D eigenvalue weighted by Crippen LogP contribution is 2.35. The van der Waals surface area contributed by atoms with Crippen molar-refractivity contribution in [2.24, 2.45) is 0 Å². The van der Waals surface area contributed by atoms with Crippen LogP contribution in [0.2, 0.25) is 5.02 Å². The van der Waals surface area contributed by atoms with Crippen LogP contribution in [0, 0.1) is 11.8 Å². The molecule has 1 saturated heterocycles. The van der Waals surface area contributed by atoms with E-state index in [0.29, 0.717) is 5.02 Å². The number of rotatable bonds is 1. The van der Waals surface area contributed by atoms with E-state index in [4.69, 9.17) is 21.4 Å². The fourth-order valence-electron chi connectivity index (χ4n) is 1.22. The molecule has 0 bridgehead atoms. The van der Waals surface area contributed by atoms with Gasteiger partial charge >= 0.3 is 5.97 Å². The Morgan fingerprint density at radius 1 is 1.50 bits per heavy atom. The maximum atomic E-state index is 10.7. The van der Waals surface area contributed by atoms with E-state index in [1.807, 2.05) is 0 Å². The Morgan fingerprint density at radius 3 is 2.62 bits per heavy atom. The normalized spacial score (nSPS) is 26.8. The van der Waals surface area contributed by atoms with Crippen molar-refractivity contribution in [2.75, 3.05) is 0 Å². The van der Waals surface area contributed by atoms with E-state index >= 15 is 0 Å². The molecule has 0 amide bonds. The molecule has 2 rings (SSSR count). The molecule has 82 valence electrons. The second kappa shape index (κ2) is 3.82. The molecule has 0 aliphatic carbocycles. The van der Waals surface area contributed by atoms with Crippen molar-refractivity contribution in [2.45, 2.75) is 18.6 Å². The first-order valence-electron chi connectivity index (χ1n) is 4.71. The topological polar surface area (TPSA) is 49.8 Å². The van der Waals surface area contributed by atoms with Gasteiger partial charge in [0.2, 0.25) is 5.60 Å². The number of epoxide rings is 1. The first-order valence-corrected chi connectivity index (χ1v) is 5.08. The molecule has 4 heteroatoms. The monoisotopic (exact) mass is 236 g/mol. The van der Waals surface area contributed by atoms with Crippen LogP contribution in [0.4, 0.5) is 0 Å². The summed E-state index contributed by atoms with van der Waals surface area (Å²) < 4.78 is 5.01. The van der Waals surface area contributed by atoms with E-state index in [0.717, 1.165) is 5.56 Å². The van der Waals surface area contributed by atoms with Crippen molar-refractivity contribution in [3.63, 3.8) is 0 Å². The van der Waals surface area contributed by atoms with Gasteiger partial charge in [0, 0.05) is 10.6 Å². The Morgan fingerprint density at radius 2 is 2.12 bits per heavy atom. The summed E-state index contributed by atoms with van der Waals surface area (Å²) in [5.74, 6) is 4.63. The molecule has 1 aromatic rings. The summed E-state index contributed by atoms with van der Waals surface area (Å²) in [4.78, 5) is 10.7. The van der Waals surface area contributed by atoms with Gasteiger partial charge in [0.25, 0.3) is 0 Å². The molecule has 1 aliphatic heterocycles. The van der Waals surface area contributed by atoms with Crippen molar-refractivity contribution in [3.05, 3.63) is 34.9 Å². The first-order chi connectivity index (χ1) is 7.52. The number of carboxylic acid groups (broad SMARTS) is 1. The number of halogens is 1. The molecule has 1 fully saturated rings. The van der Waals surface area contributed by atoms with Crippen molar-refractivity contribution < 1.29 is 14.6 Å². The SMILES string of the molecule is CC1(C(=O)O)OC1C#Cc1ccc(Cl)cc1. The lowest BCUT2D eigenvalue weighted by molar-refractivity contribution is -0.142. The van der Waals surface area contributed by atoms with Crippen molar-refractivity contribution in [3.8, 4) is 11.8 Å². The smallest absolute Gasteiger partial charge is 0.339 e. The number of carboxylic acids is 1. The van der Waals surface area contributed by atoms with Gasteiger partial charge in [-0.25, -0.2) is 4.79 Å². The van der Waals surface area contributed by atoms with E-state index in [-0.39, 0.29) is 0 Å². The van der Waals surface area contributed by atoms with Crippen LogP contribution in [0.3, 0.4) is 0 Å². The van der Waals surface area contributed by atoms with Gasteiger partial charge in [-0.05, 0) is 31.2 Å². The largest absolute Gasteiger partial charge is 0.479 e. The van der Waals surface area contributed by atoms with E-state index in [1.54, 1.807) is 24.3 Å². The predicted octanol–water partition coefficient (Wildman–Crippen LogP) is 1.93. The molecule has 3 nitrogen and oxygen atoms in total. The Balaban J connectivity index is 2.08. The average Bonchev–Trinajstić information content (AvgIpc) is 2.91. The molecule has 2 unspecified atom stereocenters. The summed E-state index contributed by atoms with van der Waals surface area (Å²) >= 11 is 5.72. The van der Waals surface area contributed by atoms with Gasteiger partial charge in [0.05, 0.1) is 0 Å². The lowest BCUT2D eigenvalue weighted by atomic mass is 10.1. The van der Waals surface area contributed by atoms with Gasteiger partial charge < -0.3 is 9.84 Å². The second-order valence-corrected chi connectivity index (χ2v) is 4.12. The Kier molecular flexibility index (Phi) is 2.63. The summed E-state index contributed by atoms with van der Waals surface area (Å²) in [5, 5.41) is 9.45. The minimum absolute atomic E-state index is 0.527. The Hall–Kier alpha value is -1.50. The molecule has 0 radical (unpaired) electrons. The maximum absolute atomic E-state index is 10.7. The van der Waals surface area contributed by atoms with Crippen LogP contribution in [0.5, 0.6) is 0 Å². The molecule has 1 heterocycles.